The summed E-state index contributed by atoms with van der Waals surface area (Å²) < 4.78 is 28.1. The van der Waals surface area contributed by atoms with E-state index in [1.807, 2.05) is 62.4 Å². The number of aryl methyl sites for hydroxylation is 2. The van der Waals surface area contributed by atoms with Gasteiger partial charge >= 0.3 is 5.97 Å². The standard InChI is InChI=1S/C32H26FN3O4.C4H10O/c1-18-16-39-28-12-23(8-7-19(28)2)32-26(14-31(37)38)20(3)34-30-15-27(35-36(30)32)22-6-4-5-21(11-22)25-10-9-24(33)13-29(25)40-17-18;1-4(2,3)5/h4-13,15H,1,14,16-17H2,2-3H3,(H,37,38);5H,1-3H3. The molecule has 5 aromatic rings. The third kappa shape index (κ3) is 7.38. The number of benzene rings is 3. The van der Waals surface area contributed by atoms with Crippen molar-refractivity contribution < 1.29 is 28.9 Å². The second kappa shape index (κ2) is 12.5. The number of ether oxygens (including phenoxy) is 2. The second-order valence-corrected chi connectivity index (χ2v) is 12.1. The number of rotatable bonds is 2. The average Bonchev–Trinajstić information content (AvgIpc) is 3.38. The maximum atomic E-state index is 14.2. The molecule has 45 heavy (non-hydrogen) atoms. The number of hydrogen-bond donors (Lipinski definition) is 2. The maximum Gasteiger partial charge on any atom is 0.307 e. The molecule has 0 unspecified atom stereocenters. The van der Waals surface area contributed by atoms with Crippen molar-refractivity contribution in [2.45, 2.75) is 46.6 Å². The molecule has 2 aromatic heterocycles. The van der Waals surface area contributed by atoms with Crippen LogP contribution in [0, 0.1) is 19.7 Å². The van der Waals surface area contributed by atoms with Gasteiger partial charge in [-0.25, -0.2) is 13.9 Å². The van der Waals surface area contributed by atoms with Gasteiger partial charge in [0.05, 0.1) is 23.4 Å². The van der Waals surface area contributed by atoms with Gasteiger partial charge in [0, 0.05) is 40.1 Å². The highest BCUT2D eigenvalue weighted by molar-refractivity contribution is 5.80. The Morgan fingerprint density at radius 3 is 2.36 bits per heavy atom. The van der Waals surface area contributed by atoms with Gasteiger partial charge < -0.3 is 19.7 Å². The van der Waals surface area contributed by atoms with Gasteiger partial charge in [-0.15, -0.1) is 0 Å². The predicted octanol–water partition coefficient (Wildman–Crippen LogP) is 7.22. The summed E-state index contributed by atoms with van der Waals surface area (Å²) in [4.78, 5) is 16.6. The molecule has 6 rings (SSSR count). The van der Waals surface area contributed by atoms with Gasteiger partial charge in [-0.05, 0) is 75.6 Å². The van der Waals surface area contributed by atoms with Crippen molar-refractivity contribution in [2.75, 3.05) is 13.2 Å². The first-order chi connectivity index (χ1) is 21.3. The van der Waals surface area contributed by atoms with Gasteiger partial charge in [0.2, 0.25) is 0 Å². The fourth-order valence-corrected chi connectivity index (χ4v) is 4.96. The fourth-order valence-electron chi connectivity index (χ4n) is 4.96. The lowest BCUT2D eigenvalue weighted by atomic mass is 10.00. The summed E-state index contributed by atoms with van der Waals surface area (Å²) in [7, 11) is 0. The molecule has 0 spiro atoms. The van der Waals surface area contributed by atoms with Crippen LogP contribution >= 0.6 is 0 Å². The lowest BCUT2D eigenvalue weighted by Crippen LogP contribution is -2.11. The Labute approximate surface area is 261 Å². The molecule has 0 saturated heterocycles. The monoisotopic (exact) mass is 609 g/mol. The molecule has 0 saturated carbocycles. The summed E-state index contributed by atoms with van der Waals surface area (Å²) in [5.74, 6) is -0.341. The van der Waals surface area contributed by atoms with Crippen LogP contribution in [-0.2, 0) is 11.2 Å². The third-order valence-electron chi connectivity index (χ3n) is 6.97. The van der Waals surface area contributed by atoms with Crippen LogP contribution in [0.4, 0.5) is 4.39 Å². The molecule has 3 heterocycles. The van der Waals surface area contributed by atoms with Crippen LogP contribution in [0.3, 0.4) is 0 Å². The van der Waals surface area contributed by atoms with Crippen LogP contribution in [0.5, 0.6) is 11.5 Å². The Bertz CT molecular complexity index is 1920. The fraction of sp³-hybridized carbons (Fsp3) is 0.250. The number of carbonyl (C=O) groups is 1. The maximum absolute atomic E-state index is 14.2. The quantitative estimate of drug-likeness (QED) is 0.204. The molecular formula is C36H36FN3O5. The summed E-state index contributed by atoms with van der Waals surface area (Å²) in [5, 5.41) is 23.1. The minimum absolute atomic E-state index is 0.144. The molecule has 9 heteroatoms. The number of hydrogen-bond acceptors (Lipinski definition) is 6. The number of fused-ring (bicyclic) bond motifs is 9. The Hall–Kier alpha value is -5.02. The molecule has 0 radical (unpaired) electrons. The lowest BCUT2D eigenvalue weighted by Gasteiger charge is -2.17. The van der Waals surface area contributed by atoms with E-state index in [0.717, 1.165) is 27.8 Å². The average molecular weight is 610 g/mol. The Kier molecular flexibility index (Phi) is 8.75. The van der Waals surface area contributed by atoms with Crippen LogP contribution in [0.25, 0.3) is 39.3 Å². The summed E-state index contributed by atoms with van der Waals surface area (Å²) in [6.45, 7) is 13.4. The molecule has 1 aliphatic rings. The highest BCUT2D eigenvalue weighted by atomic mass is 19.1. The van der Waals surface area contributed by atoms with E-state index in [1.165, 1.54) is 12.1 Å². The van der Waals surface area contributed by atoms with Crippen molar-refractivity contribution in [3.63, 3.8) is 0 Å². The van der Waals surface area contributed by atoms with Crippen molar-refractivity contribution >= 4 is 11.6 Å². The smallest absolute Gasteiger partial charge is 0.307 e. The van der Waals surface area contributed by atoms with Crippen molar-refractivity contribution in [3.05, 3.63) is 102 Å². The van der Waals surface area contributed by atoms with E-state index >= 15 is 0 Å². The zero-order chi connectivity index (χ0) is 32.5. The molecular weight excluding hydrogens is 573 g/mol. The summed E-state index contributed by atoms with van der Waals surface area (Å²) in [6, 6.07) is 19.8. The van der Waals surface area contributed by atoms with E-state index in [0.29, 0.717) is 45.4 Å². The van der Waals surface area contributed by atoms with E-state index in [-0.39, 0.29) is 19.6 Å². The molecule has 0 fully saturated rings. The molecule has 6 bridgehead atoms. The van der Waals surface area contributed by atoms with Crippen molar-refractivity contribution in [2.24, 2.45) is 0 Å². The summed E-state index contributed by atoms with van der Waals surface area (Å²) >= 11 is 0. The number of aliphatic hydroxyl groups is 1. The van der Waals surface area contributed by atoms with Gasteiger partial charge in [-0.1, -0.05) is 36.9 Å². The Morgan fingerprint density at radius 2 is 1.64 bits per heavy atom. The minimum Gasteiger partial charge on any atom is -0.489 e. The van der Waals surface area contributed by atoms with Gasteiger partial charge in [-0.2, -0.15) is 5.10 Å². The number of carboxylic acids is 1. The Morgan fingerprint density at radius 1 is 0.956 bits per heavy atom. The molecule has 2 N–H and O–H groups in total. The molecule has 0 atom stereocenters. The Balaban J connectivity index is 0.000000743. The van der Waals surface area contributed by atoms with Crippen molar-refractivity contribution in [1.82, 2.24) is 14.6 Å². The highest BCUT2D eigenvalue weighted by Crippen LogP contribution is 2.36. The van der Waals surface area contributed by atoms with E-state index in [4.69, 9.17) is 24.7 Å². The third-order valence-corrected chi connectivity index (χ3v) is 6.97. The first-order valence-electron chi connectivity index (χ1n) is 14.5. The van der Waals surface area contributed by atoms with Crippen molar-refractivity contribution in [3.8, 4) is 45.1 Å². The van der Waals surface area contributed by atoms with Gasteiger partial charge in [0.25, 0.3) is 0 Å². The minimum atomic E-state index is -0.959. The van der Waals surface area contributed by atoms with E-state index in [9.17, 15) is 14.3 Å². The van der Waals surface area contributed by atoms with E-state index in [2.05, 4.69) is 6.58 Å². The number of halogens is 1. The first-order valence-corrected chi connectivity index (χ1v) is 14.5. The molecule has 232 valence electrons. The van der Waals surface area contributed by atoms with Gasteiger partial charge in [-0.3, -0.25) is 4.79 Å². The summed E-state index contributed by atoms with van der Waals surface area (Å²) in [5.41, 5.74) is 7.29. The molecule has 0 amide bonds. The molecule has 3 aromatic carbocycles. The van der Waals surface area contributed by atoms with E-state index < -0.39 is 17.4 Å². The number of carboxylic acid groups (broad SMARTS) is 1. The SMILES string of the molecule is C=C1COc2cc(ccc2C)-c2c(CC(=O)O)c(C)nc3cc(nn23)-c2cccc(c2)-c2ccc(F)cc2OC1.CC(C)(C)O. The number of aromatic nitrogens is 3. The topological polar surface area (TPSA) is 106 Å². The van der Waals surface area contributed by atoms with E-state index in [1.54, 1.807) is 31.4 Å². The number of nitrogens with zero attached hydrogens (tertiary/aromatic N) is 3. The molecule has 1 aliphatic heterocycles. The second-order valence-electron chi connectivity index (χ2n) is 12.1. The summed E-state index contributed by atoms with van der Waals surface area (Å²) in [6.07, 6.45) is -0.208. The zero-order valence-corrected chi connectivity index (χ0v) is 26.0. The predicted molar refractivity (Wildman–Crippen MR) is 172 cm³/mol. The number of aliphatic carboxylic acids is 1. The van der Waals surface area contributed by atoms with Crippen LogP contribution in [-0.4, -0.2) is 49.6 Å². The van der Waals surface area contributed by atoms with Gasteiger partial charge in [0.1, 0.15) is 30.5 Å². The zero-order valence-electron chi connectivity index (χ0n) is 26.0. The van der Waals surface area contributed by atoms with Crippen LogP contribution in [0.15, 0.2) is 78.9 Å². The first kappa shape index (κ1) is 31.4. The van der Waals surface area contributed by atoms with Crippen LogP contribution < -0.4 is 9.47 Å². The highest BCUT2D eigenvalue weighted by Gasteiger charge is 2.21. The van der Waals surface area contributed by atoms with Crippen molar-refractivity contribution in [1.29, 1.82) is 0 Å². The normalized spacial score (nSPS) is 12.8. The molecule has 8 nitrogen and oxygen atoms in total. The molecule has 0 aliphatic carbocycles. The lowest BCUT2D eigenvalue weighted by molar-refractivity contribution is -0.136. The largest absolute Gasteiger partial charge is 0.489 e. The van der Waals surface area contributed by atoms with Gasteiger partial charge in [0.15, 0.2) is 5.65 Å². The van der Waals surface area contributed by atoms with Crippen LogP contribution in [0.1, 0.15) is 37.6 Å². The van der Waals surface area contributed by atoms with Crippen LogP contribution in [0.2, 0.25) is 0 Å².